The summed E-state index contributed by atoms with van der Waals surface area (Å²) in [4.78, 5) is 0. The Morgan fingerprint density at radius 1 is 1.64 bits per heavy atom. The molecule has 0 bridgehead atoms. The van der Waals surface area contributed by atoms with Crippen LogP contribution in [0.5, 0.6) is 0 Å². The molecular weight excluding hydrogens is 217 g/mol. The van der Waals surface area contributed by atoms with Gasteiger partial charge in [0, 0.05) is 32.7 Å². The first-order chi connectivity index (χ1) is 4.91. The van der Waals surface area contributed by atoms with Crippen molar-refractivity contribution in [2.24, 2.45) is 0 Å². The maximum absolute atomic E-state index is 9.52. The molecule has 3 nitrogen and oxygen atoms in total. The van der Waals surface area contributed by atoms with E-state index in [9.17, 15) is 5.21 Å². The Kier molecular flexibility index (Phi) is 6.10. The van der Waals surface area contributed by atoms with Gasteiger partial charge in [0.25, 0.3) is 0 Å². The largest absolute Gasteiger partial charge is 0.672 e. The predicted molar refractivity (Wildman–Crippen MR) is 40.6 cm³/mol. The van der Waals surface area contributed by atoms with Crippen molar-refractivity contribution in [3.8, 4) is 0 Å². The summed E-state index contributed by atoms with van der Waals surface area (Å²) >= 11 is 0. The summed E-state index contributed by atoms with van der Waals surface area (Å²) in [5.74, 6) is 0. The van der Waals surface area contributed by atoms with E-state index in [0.717, 1.165) is 6.04 Å². The van der Waals surface area contributed by atoms with Crippen LogP contribution in [0.3, 0.4) is 0 Å². The molecule has 4 heteroatoms. The second kappa shape index (κ2) is 5.60. The molecule has 0 aliphatic heterocycles. The van der Waals surface area contributed by atoms with Crippen LogP contribution in [0.15, 0.2) is 0 Å². The normalized spacial score (nSPS) is 15.6. The molecule has 65 valence electrons. The van der Waals surface area contributed by atoms with E-state index >= 15 is 0 Å². The van der Waals surface area contributed by atoms with Gasteiger partial charge in [-0.25, -0.2) is 5.21 Å². The van der Waals surface area contributed by atoms with Crippen molar-refractivity contribution in [3.63, 3.8) is 0 Å². The monoisotopic (exact) mass is 236 g/mol. The molecule has 0 spiro atoms. The zero-order chi connectivity index (χ0) is 9.07. The van der Waals surface area contributed by atoms with Crippen molar-refractivity contribution >= 4 is 0 Å². The molecule has 0 saturated heterocycles. The van der Waals surface area contributed by atoms with Crippen LogP contribution in [0, 0.1) is 6.04 Å². The van der Waals surface area contributed by atoms with Crippen LogP contribution in [-0.4, -0.2) is 17.3 Å². The molecule has 1 radical (unpaired) electrons. The molecule has 0 fully saturated rings. The van der Waals surface area contributed by atoms with Gasteiger partial charge in [0.15, 0.2) is 0 Å². The molecule has 1 atom stereocenters. The number of hydrogen-bond acceptors (Lipinski definition) is 1. The first-order valence-electron chi connectivity index (χ1n) is 3.84. The number of hydroxylamine groups is 2. The van der Waals surface area contributed by atoms with Crippen LogP contribution >= 0.6 is 0 Å². The maximum Gasteiger partial charge on any atom is 0.0776 e. The van der Waals surface area contributed by atoms with E-state index in [2.05, 4.69) is 5.73 Å². The molecule has 0 heterocycles. The van der Waals surface area contributed by atoms with Crippen molar-refractivity contribution in [1.29, 1.82) is 0 Å². The Hall–Kier alpha value is 0.984. The van der Waals surface area contributed by atoms with Crippen molar-refractivity contribution in [2.45, 2.75) is 33.2 Å². The zero-order valence-electron chi connectivity index (χ0n) is 8.68. The van der Waals surface area contributed by atoms with Gasteiger partial charge in [-0.3, -0.25) is 0 Å². The topological polar surface area (TPSA) is 48.5 Å². The summed E-state index contributed by atoms with van der Waals surface area (Å²) in [5, 5.41) is 9.86. The zero-order valence-corrected chi connectivity index (χ0v) is 10.5. The van der Waals surface area contributed by atoms with Crippen molar-refractivity contribution < 1.29 is 44.4 Å². The molecule has 0 aromatic rings. The fourth-order valence-corrected chi connectivity index (χ4v) is 0.752. The Labute approximate surface area is 95.6 Å². The van der Waals surface area contributed by atoms with Crippen molar-refractivity contribution in [2.75, 3.05) is 6.54 Å². The summed E-state index contributed by atoms with van der Waals surface area (Å²) < 4.78 is 6.68. The average molecular weight is 236 g/mol. The first-order valence-corrected chi connectivity index (χ1v) is 3.39. The molecule has 11 heavy (non-hydrogen) atoms. The van der Waals surface area contributed by atoms with Gasteiger partial charge in [-0.15, -0.1) is 13.8 Å². The number of quaternary nitrogens is 1. The average Bonchev–Trinajstić information content (AvgIpc) is 1.86. The summed E-state index contributed by atoms with van der Waals surface area (Å²) in [6.07, 6.45) is 0. The minimum absolute atomic E-state index is 0. The van der Waals surface area contributed by atoms with Crippen LogP contribution in [-0.2, 0) is 32.7 Å². The number of nitrogens with one attached hydrogen (secondary N) is 2. The summed E-state index contributed by atoms with van der Waals surface area (Å²) in [7, 11) is 0. The third kappa shape index (κ3) is 4.53. The molecular formula is C7H17N2OY-. The molecule has 0 aromatic heterocycles. The SMILES string of the molecule is [3H][N-]CC(C)(C)[NH+](O)[C-](C)C.[Y]. The second-order valence-corrected chi connectivity index (χ2v) is 3.39. The molecule has 1 unspecified atom stereocenters. The van der Waals surface area contributed by atoms with Crippen LogP contribution in [0.2, 0.25) is 1.41 Å². The molecule has 3 N–H and O–H groups in total. The third-order valence-corrected chi connectivity index (χ3v) is 1.51. The van der Waals surface area contributed by atoms with E-state index in [1.54, 1.807) is 0 Å². The van der Waals surface area contributed by atoms with Crippen LogP contribution in [0.25, 0.3) is 5.73 Å². The van der Waals surface area contributed by atoms with Gasteiger partial charge in [-0.05, 0) is 13.8 Å². The van der Waals surface area contributed by atoms with E-state index in [4.69, 9.17) is 1.41 Å². The number of rotatable bonds is 4. The Bertz CT molecular complexity index is 122. The van der Waals surface area contributed by atoms with Gasteiger partial charge < -0.3 is 10.8 Å². The van der Waals surface area contributed by atoms with Crippen LogP contribution in [0.1, 0.15) is 27.7 Å². The Morgan fingerprint density at radius 3 is 2.36 bits per heavy atom. The van der Waals surface area contributed by atoms with Gasteiger partial charge in [-0.2, -0.15) is 1.41 Å². The molecule has 0 aromatic carbocycles. The fraction of sp³-hybridized carbons (Fsp3) is 0.857. The van der Waals surface area contributed by atoms with Gasteiger partial charge in [0.2, 0.25) is 0 Å². The maximum atomic E-state index is 9.52. The molecule has 0 aliphatic carbocycles. The third-order valence-electron chi connectivity index (χ3n) is 1.51. The Balaban J connectivity index is 0. The Morgan fingerprint density at radius 2 is 2.09 bits per heavy atom. The quantitative estimate of drug-likeness (QED) is 0.546. The smallest absolute Gasteiger partial charge is 0.0776 e. The predicted octanol–water partition coefficient (Wildman–Crippen LogP) is 0.661. The minimum atomic E-state index is -0.388. The fourth-order valence-electron chi connectivity index (χ4n) is 0.752. The molecule has 0 saturated carbocycles. The van der Waals surface area contributed by atoms with Gasteiger partial charge >= 0.3 is 0 Å². The summed E-state index contributed by atoms with van der Waals surface area (Å²) in [5.41, 5.74) is 2.88. The van der Waals surface area contributed by atoms with Gasteiger partial charge in [0.1, 0.15) is 0 Å². The summed E-state index contributed by atoms with van der Waals surface area (Å²) in [6, 6.07) is 0.888. The molecule has 0 rings (SSSR count). The van der Waals surface area contributed by atoms with Crippen LogP contribution in [0.4, 0.5) is 0 Å². The van der Waals surface area contributed by atoms with Gasteiger partial charge in [0.05, 0.1) is 5.54 Å². The molecule has 0 aliphatic rings. The van der Waals surface area contributed by atoms with E-state index < -0.39 is 0 Å². The number of hydrogen-bond donors (Lipinski definition) is 2. The van der Waals surface area contributed by atoms with E-state index in [1.165, 1.54) is 0 Å². The van der Waals surface area contributed by atoms with Crippen LogP contribution < -0.4 is 5.06 Å². The van der Waals surface area contributed by atoms with Crippen molar-refractivity contribution in [3.05, 3.63) is 11.8 Å². The van der Waals surface area contributed by atoms with E-state index in [1.807, 2.05) is 27.7 Å². The second-order valence-electron chi connectivity index (χ2n) is 3.39. The first kappa shape index (κ1) is 12.0. The van der Waals surface area contributed by atoms with Gasteiger partial charge in [-0.1, -0.05) is 12.6 Å². The molecule has 0 amide bonds. The summed E-state index contributed by atoms with van der Waals surface area (Å²) in [6.45, 7) is 7.77. The van der Waals surface area contributed by atoms with Crippen molar-refractivity contribution in [1.82, 2.24) is 0 Å². The minimum Gasteiger partial charge on any atom is -0.672 e. The standard InChI is InChI=1S/C7H17N2O.Y/c1-6(2)9(10)7(3,4)5-8;/h8-10H,5H2,1-4H3;/q-1;/i/hT. The van der Waals surface area contributed by atoms with E-state index in [-0.39, 0.29) is 38.2 Å². The van der Waals surface area contributed by atoms with E-state index in [0.29, 0.717) is 11.6 Å².